The normalized spacial score (nSPS) is 17.4. The number of rotatable bonds is 10. The molecule has 0 heterocycles. The third kappa shape index (κ3) is 9.43. The lowest BCUT2D eigenvalue weighted by Crippen LogP contribution is -2.13. The molecule has 1 aliphatic carbocycles. The molecule has 0 radical (unpaired) electrons. The van der Waals surface area contributed by atoms with Crippen LogP contribution in [0.2, 0.25) is 0 Å². The van der Waals surface area contributed by atoms with Crippen LogP contribution in [0, 0.1) is 29.6 Å². The van der Waals surface area contributed by atoms with Crippen molar-refractivity contribution in [1.29, 1.82) is 0 Å². The zero-order chi connectivity index (χ0) is 23.8. The molecule has 0 atom stereocenters. The molecule has 1 saturated carbocycles. The van der Waals surface area contributed by atoms with Crippen LogP contribution >= 0.6 is 0 Å². The Kier molecular flexibility index (Phi) is 11.9. The molecular formula is C34H44. The zero-order valence-electron chi connectivity index (χ0n) is 21.7. The molecule has 2 aromatic carbocycles. The van der Waals surface area contributed by atoms with E-state index < -0.39 is 0 Å². The Hall–Kier alpha value is -2.44. The van der Waals surface area contributed by atoms with E-state index in [0.717, 1.165) is 34.9 Å². The minimum atomic E-state index is 0.744. The lowest BCUT2D eigenvalue weighted by Gasteiger charge is -2.29. The van der Waals surface area contributed by atoms with Gasteiger partial charge in [0.1, 0.15) is 0 Å². The third-order valence-corrected chi connectivity index (χ3v) is 7.32. The van der Waals surface area contributed by atoms with Gasteiger partial charge in [-0.15, -0.1) is 0 Å². The van der Waals surface area contributed by atoms with E-state index >= 15 is 0 Å². The van der Waals surface area contributed by atoms with Gasteiger partial charge in [-0.3, -0.25) is 0 Å². The number of unbranched alkanes of at least 4 members (excludes halogenated alkanes) is 7. The highest BCUT2D eigenvalue weighted by Gasteiger charge is 2.21. The average Bonchev–Trinajstić information content (AvgIpc) is 2.89. The van der Waals surface area contributed by atoms with Gasteiger partial charge in [0.15, 0.2) is 0 Å². The molecule has 3 rings (SSSR count). The van der Waals surface area contributed by atoms with Gasteiger partial charge >= 0.3 is 0 Å². The van der Waals surface area contributed by atoms with E-state index in [1.165, 1.54) is 89.0 Å². The first-order valence-corrected chi connectivity index (χ1v) is 14.0. The van der Waals surface area contributed by atoms with Crippen molar-refractivity contribution in [3.63, 3.8) is 0 Å². The van der Waals surface area contributed by atoms with E-state index in [1.54, 1.807) is 0 Å². The molecular weight excluding hydrogens is 408 g/mol. The molecule has 2 aromatic rings. The molecule has 0 unspecified atom stereocenters. The summed E-state index contributed by atoms with van der Waals surface area (Å²) >= 11 is 0. The molecule has 0 nitrogen and oxygen atoms in total. The summed E-state index contributed by atoms with van der Waals surface area (Å²) < 4.78 is 0. The molecule has 0 aliphatic heterocycles. The van der Waals surface area contributed by atoms with Crippen LogP contribution in [0.1, 0.15) is 132 Å². The highest BCUT2D eigenvalue weighted by Crippen LogP contribution is 2.37. The van der Waals surface area contributed by atoms with Crippen LogP contribution in [-0.4, -0.2) is 0 Å². The second-order valence-corrected chi connectivity index (χ2v) is 10.1. The molecule has 180 valence electrons. The van der Waals surface area contributed by atoms with E-state index in [4.69, 9.17) is 0 Å². The Morgan fingerprint density at radius 1 is 0.588 bits per heavy atom. The fraction of sp³-hybridized carbons (Fsp3) is 0.529. The van der Waals surface area contributed by atoms with Crippen LogP contribution in [0.3, 0.4) is 0 Å². The van der Waals surface area contributed by atoms with E-state index in [9.17, 15) is 0 Å². The summed E-state index contributed by atoms with van der Waals surface area (Å²) in [5.74, 6) is 14.8. The maximum atomic E-state index is 3.33. The molecule has 0 amide bonds. The van der Waals surface area contributed by atoms with Crippen molar-refractivity contribution in [2.45, 2.75) is 110 Å². The fourth-order valence-electron chi connectivity index (χ4n) is 5.05. The number of hydrogen-bond acceptors (Lipinski definition) is 0. The Morgan fingerprint density at radius 2 is 1.12 bits per heavy atom. The van der Waals surface area contributed by atoms with Gasteiger partial charge in [0, 0.05) is 23.1 Å². The quantitative estimate of drug-likeness (QED) is 0.248. The molecule has 0 bridgehead atoms. The van der Waals surface area contributed by atoms with Crippen molar-refractivity contribution in [3.05, 3.63) is 70.8 Å². The third-order valence-electron chi connectivity index (χ3n) is 7.32. The summed E-state index contributed by atoms with van der Waals surface area (Å²) in [6.45, 7) is 4.50. The summed E-state index contributed by atoms with van der Waals surface area (Å²) in [6.07, 6.45) is 18.9. The number of hydrogen-bond donors (Lipinski definition) is 0. The lowest BCUT2D eigenvalue weighted by molar-refractivity contribution is 0.302. The van der Waals surface area contributed by atoms with Gasteiger partial charge in [-0.2, -0.15) is 0 Å². The van der Waals surface area contributed by atoms with Gasteiger partial charge in [0.25, 0.3) is 0 Å². The van der Waals surface area contributed by atoms with E-state index in [-0.39, 0.29) is 0 Å². The first-order chi connectivity index (χ1) is 16.8. The molecule has 0 aromatic heterocycles. The van der Waals surface area contributed by atoms with Crippen LogP contribution in [0.4, 0.5) is 0 Å². The summed E-state index contributed by atoms with van der Waals surface area (Å²) in [4.78, 5) is 0. The molecule has 1 fully saturated rings. The molecule has 0 N–H and O–H groups in total. The topological polar surface area (TPSA) is 0 Å². The van der Waals surface area contributed by atoms with E-state index in [1.807, 2.05) is 0 Å². The van der Waals surface area contributed by atoms with Gasteiger partial charge in [-0.25, -0.2) is 0 Å². The maximum absolute atomic E-state index is 3.33. The van der Waals surface area contributed by atoms with Crippen molar-refractivity contribution in [3.8, 4) is 23.7 Å². The standard InChI is InChI=1S/C34H44/c1-3-5-7-9-10-12-14-30-21-25-33(26-22-30)34-27-23-32(24-28-34)20-19-31-17-15-29(16-18-31)13-11-8-6-4-2/h15-18,23-24,27-28,30,33H,3-10,12,14,21-22,25-26H2,1-2H3/t30-,33-. The first-order valence-electron chi connectivity index (χ1n) is 14.0. The second kappa shape index (κ2) is 15.5. The van der Waals surface area contributed by atoms with Gasteiger partial charge in [-0.05, 0) is 85.9 Å². The Morgan fingerprint density at radius 3 is 1.74 bits per heavy atom. The largest absolute Gasteiger partial charge is 0.0979 e. The zero-order valence-corrected chi connectivity index (χ0v) is 21.7. The summed E-state index contributed by atoms with van der Waals surface area (Å²) in [7, 11) is 0. The molecule has 0 spiro atoms. The van der Waals surface area contributed by atoms with E-state index in [0.29, 0.717) is 0 Å². The smallest absolute Gasteiger partial charge is 0.0249 e. The van der Waals surface area contributed by atoms with Gasteiger partial charge in [0.2, 0.25) is 0 Å². The highest BCUT2D eigenvalue weighted by atomic mass is 14.3. The maximum Gasteiger partial charge on any atom is 0.0249 e. The van der Waals surface area contributed by atoms with Crippen LogP contribution in [0.5, 0.6) is 0 Å². The SMILES string of the molecule is CCCCC#Cc1ccc(C#Cc2ccc([C@H]3CC[C@H](CCCCCCCC)CC3)cc2)cc1. The van der Waals surface area contributed by atoms with E-state index in [2.05, 4.69) is 86.1 Å². The minimum absolute atomic E-state index is 0.744. The highest BCUT2D eigenvalue weighted by molar-refractivity contribution is 5.46. The van der Waals surface area contributed by atoms with Crippen LogP contribution < -0.4 is 0 Å². The first kappa shape index (κ1) is 26.2. The van der Waals surface area contributed by atoms with Crippen molar-refractivity contribution in [2.75, 3.05) is 0 Å². The van der Waals surface area contributed by atoms with Crippen molar-refractivity contribution in [1.82, 2.24) is 0 Å². The average molecular weight is 453 g/mol. The molecule has 0 heteroatoms. The monoisotopic (exact) mass is 452 g/mol. The van der Waals surface area contributed by atoms with Gasteiger partial charge in [-0.1, -0.05) is 101 Å². The Bertz CT molecular complexity index is 932. The minimum Gasteiger partial charge on any atom is -0.0979 e. The van der Waals surface area contributed by atoms with Crippen molar-refractivity contribution >= 4 is 0 Å². The number of benzene rings is 2. The van der Waals surface area contributed by atoms with Gasteiger partial charge in [0.05, 0.1) is 0 Å². The summed E-state index contributed by atoms with van der Waals surface area (Å²) in [6, 6.07) is 17.4. The Balaban J connectivity index is 1.42. The predicted octanol–water partition coefficient (Wildman–Crippen LogP) is 9.65. The van der Waals surface area contributed by atoms with Crippen LogP contribution in [0.15, 0.2) is 48.5 Å². The summed E-state index contributed by atoms with van der Waals surface area (Å²) in [5.41, 5.74) is 4.73. The van der Waals surface area contributed by atoms with Crippen LogP contribution in [-0.2, 0) is 0 Å². The Labute approximate surface area is 210 Å². The van der Waals surface area contributed by atoms with Crippen molar-refractivity contribution < 1.29 is 0 Å². The molecule has 34 heavy (non-hydrogen) atoms. The van der Waals surface area contributed by atoms with Gasteiger partial charge < -0.3 is 0 Å². The lowest BCUT2D eigenvalue weighted by atomic mass is 9.77. The van der Waals surface area contributed by atoms with Crippen LogP contribution in [0.25, 0.3) is 0 Å². The summed E-state index contributed by atoms with van der Waals surface area (Å²) in [5, 5.41) is 0. The fourth-order valence-corrected chi connectivity index (χ4v) is 5.05. The second-order valence-electron chi connectivity index (χ2n) is 10.1. The molecule has 1 aliphatic rings. The predicted molar refractivity (Wildman–Crippen MR) is 148 cm³/mol. The van der Waals surface area contributed by atoms with Crippen molar-refractivity contribution in [2.24, 2.45) is 5.92 Å². The molecule has 0 saturated heterocycles.